The van der Waals surface area contributed by atoms with Crippen LogP contribution in [0.25, 0.3) is 11.0 Å². The largest absolute Gasteiger partial charge is 0.456 e. The zero-order valence-corrected chi connectivity index (χ0v) is 16.1. The predicted molar refractivity (Wildman–Crippen MR) is 98.8 cm³/mol. The molecule has 1 aromatic carbocycles. The van der Waals surface area contributed by atoms with Crippen LogP contribution in [0.15, 0.2) is 36.0 Å². The van der Waals surface area contributed by atoms with Crippen molar-refractivity contribution >= 4 is 38.2 Å². The molecule has 0 saturated carbocycles. The van der Waals surface area contributed by atoms with Gasteiger partial charge in [-0.1, -0.05) is 19.1 Å². The Morgan fingerprint density at radius 1 is 1.21 bits per heavy atom. The Bertz CT molecular complexity index is 1060. The Balaban J connectivity index is 2.08. The summed E-state index contributed by atoms with van der Waals surface area (Å²) in [5.74, 6) is -1.18. The van der Waals surface area contributed by atoms with E-state index in [2.05, 4.69) is 19.7 Å². The van der Waals surface area contributed by atoms with Gasteiger partial charge in [0.2, 0.25) is 21.9 Å². The van der Waals surface area contributed by atoms with Gasteiger partial charge in [0.15, 0.2) is 0 Å². The van der Waals surface area contributed by atoms with Gasteiger partial charge in [0, 0.05) is 6.20 Å². The lowest BCUT2D eigenvalue weighted by Gasteiger charge is -2.21. The number of halogens is 3. The molecular formula is C16H15F3N4O3S2. The van der Waals surface area contributed by atoms with Gasteiger partial charge in [-0.3, -0.25) is 9.71 Å². The number of alkyl halides is 3. The van der Waals surface area contributed by atoms with Crippen LogP contribution in [0.5, 0.6) is 5.88 Å². The van der Waals surface area contributed by atoms with E-state index < -0.39 is 34.0 Å². The number of thiazole rings is 1. The quantitative estimate of drug-likeness (QED) is 0.608. The van der Waals surface area contributed by atoms with Crippen LogP contribution in [-0.2, 0) is 10.0 Å². The van der Waals surface area contributed by atoms with Gasteiger partial charge in [-0.25, -0.2) is 18.4 Å². The Morgan fingerprint density at radius 2 is 1.89 bits per heavy atom. The topological polar surface area (TPSA) is 94.1 Å². The summed E-state index contributed by atoms with van der Waals surface area (Å²) in [6.07, 6.45) is -5.76. The smallest absolute Gasteiger partial charge is 0.430 e. The summed E-state index contributed by atoms with van der Waals surface area (Å²) >= 11 is 0.765. The average Bonchev–Trinajstić information content (AvgIpc) is 3.12. The van der Waals surface area contributed by atoms with Crippen molar-refractivity contribution in [1.82, 2.24) is 15.0 Å². The summed E-state index contributed by atoms with van der Waals surface area (Å²) in [4.78, 5) is 11.6. The molecule has 12 heteroatoms. The Kier molecular flexibility index (Phi) is 5.70. The van der Waals surface area contributed by atoms with E-state index in [9.17, 15) is 21.6 Å². The molecule has 3 aromatic rings. The highest BCUT2D eigenvalue weighted by Crippen LogP contribution is 2.39. The van der Waals surface area contributed by atoms with Gasteiger partial charge in [-0.05, 0) is 18.6 Å². The summed E-state index contributed by atoms with van der Waals surface area (Å²) in [6.45, 7) is 1.66. The number of aromatic nitrogens is 3. The fourth-order valence-corrected chi connectivity index (χ4v) is 4.09. The fraction of sp³-hybridized carbons (Fsp3) is 0.312. The van der Waals surface area contributed by atoms with E-state index in [1.54, 1.807) is 25.1 Å². The molecule has 0 aliphatic heterocycles. The minimum absolute atomic E-state index is 0.190. The number of hydrogen-bond donors (Lipinski definition) is 1. The lowest BCUT2D eigenvalue weighted by Crippen LogP contribution is -2.26. The third-order valence-electron chi connectivity index (χ3n) is 3.50. The van der Waals surface area contributed by atoms with E-state index in [0.717, 1.165) is 17.5 Å². The zero-order valence-electron chi connectivity index (χ0n) is 14.5. The molecule has 3 rings (SSSR count). The molecule has 0 bridgehead atoms. The van der Waals surface area contributed by atoms with Crippen LogP contribution in [0.1, 0.15) is 24.3 Å². The van der Waals surface area contributed by atoms with Gasteiger partial charge in [0.05, 0.1) is 27.2 Å². The molecule has 0 aliphatic carbocycles. The maximum absolute atomic E-state index is 13.5. The van der Waals surface area contributed by atoms with Gasteiger partial charge in [0.1, 0.15) is 0 Å². The normalized spacial score (nSPS) is 13.4. The van der Waals surface area contributed by atoms with E-state index >= 15 is 0 Å². The predicted octanol–water partition coefficient (Wildman–Crippen LogP) is 3.92. The van der Waals surface area contributed by atoms with Crippen LogP contribution in [0.2, 0.25) is 0 Å². The number of ether oxygens (including phenoxy) is 1. The molecule has 0 aliphatic rings. The molecule has 1 unspecified atom stereocenters. The van der Waals surface area contributed by atoms with E-state index in [4.69, 9.17) is 4.74 Å². The Morgan fingerprint density at radius 3 is 2.46 bits per heavy atom. The maximum Gasteiger partial charge on any atom is 0.430 e. The minimum Gasteiger partial charge on any atom is -0.456 e. The number of sulfonamides is 1. The average molecular weight is 432 g/mol. The van der Waals surface area contributed by atoms with E-state index in [-0.39, 0.29) is 16.1 Å². The van der Waals surface area contributed by atoms with Crippen LogP contribution in [0, 0.1) is 0 Å². The van der Waals surface area contributed by atoms with Crippen molar-refractivity contribution < 1.29 is 26.3 Å². The van der Waals surface area contributed by atoms with Gasteiger partial charge in [-0.15, -0.1) is 11.3 Å². The van der Waals surface area contributed by atoms with Crippen molar-refractivity contribution in [3.8, 4) is 5.88 Å². The summed E-state index contributed by atoms with van der Waals surface area (Å²) in [7, 11) is -3.82. The molecule has 28 heavy (non-hydrogen) atoms. The maximum atomic E-state index is 13.5. The van der Waals surface area contributed by atoms with Crippen LogP contribution in [0.4, 0.5) is 19.0 Å². The molecule has 1 N–H and O–H groups in total. The van der Waals surface area contributed by atoms with Gasteiger partial charge >= 0.3 is 6.18 Å². The summed E-state index contributed by atoms with van der Waals surface area (Å²) in [6, 6.07) is 6.38. The van der Waals surface area contributed by atoms with Crippen LogP contribution in [0.3, 0.4) is 0 Å². The van der Waals surface area contributed by atoms with Gasteiger partial charge in [0.25, 0.3) is 5.88 Å². The number of anilines is 1. The summed E-state index contributed by atoms with van der Waals surface area (Å²) in [5, 5.41) is 0. The van der Waals surface area contributed by atoms with Crippen molar-refractivity contribution in [2.45, 2.75) is 25.6 Å². The van der Waals surface area contributed by atoms with Crippen molar-refractivity contribution in [1.29, 1.82) is 0 Å². The first-order valence-corrected chi connectivity index (χ1v) is 10.6. The first-order valence-electron chi connectivity index (χ1n) is 8.08. The lowest BCUT2D eigenvalue weighted by atomic mass is 10.3. The molecule has 1 atom stereocenters. The second-order valence-corrected chi connectivity index (χ2v) is 8.49. The highest BCUT2D eigenvalue weighted by molar-refractivity contribution is 7.92. The first kappa shape index (κ1) is 20.3. The Hall–Kier alpha value is -2.47. The van der Waals surface area contributed by atoms with Gasteiger partial charge < -0.3 is 4.74 Å². The number of nitrogens with one attached hydrogen (secondary N) is 1. The number of rotatable bonds is 7. The van der Waals surface area contributed by atoms with Crippen molar-refractivity contribution in [3.63, 3.8) is 0 Å². The highest BCUT2D eigenvalue weighted by atomic mass is 32.2. The summed E-state index contributed by atoms with van der Waals surface area (Å²) < 4.78 is 72.2. The van der Waals surface area contributed by atoms with Crippen LogP contribution in [-0.4, -0.2) is 35.3 Å². The molecular weight excluding hydrogens is 417 g/mol. The van der Waals surface area contributed by atoms with E-state index in [1.165, 1.54) is 11.6 Å². The second kappa shape index (κ2) is 7.87. The van der Waals surface area contributed by atoms with Gasteiger partial charge in [-0.2, -0.15) is 13.2 Å². The monoisotopic (exact) mass is 432 g/mol. The molecule has 0 radical (unpaired) electrons. The van der Waals surface area contributed by atoms with Crippen molar-refractivity contribution in [3.05, 3.63) is 40.8 Å². The highest BCUT2D eigenvalue weighted by Gasteiger charge is 2.45. The number of hydrogen-bond acceptors (Lipinski definition) is 7. The SMILES string of the molecule is CCCS(=O)(=O)Nc1nc2ccccc2nc1OC(c1cncs1)C(F)(F)F. The molecule has 0 amide bonds. The molecule has 2 heterocycles. The minimum atomic E-state index is -4.76. The number of para-hydroxylation sites is 2. The number of fused-ring (bicyclic) bond motifs is 1. The van der Waals surface area contributed by atoms with Crippen molar-refractivity contribution in [2.75, 3.05) is 10.5 Å². The molecule has 7 nitrogen and oxygen atoms in total. The standard InChI is InChI=1S/C16H15F3N4O3S2/c1-2-7-28(24,25)23-14-15(22-11-6-4-3-5-10(11)21-14)26-13(16(17,18)19)12-8-20-9-27-12/h3-6,8-9,13H,2,7H2,1H3,(H,21,23). The molecule has 0 spiro atoms. The zero-order chi connectivity index (χ0) is 20.4. The third-order valence-corrected chi connectivity index (χ3v) is 5.77. The third kappa shape index (κ3) is 4.68. The summed E-state index contributed by atoms with van der Waals surface area (Å²) in [5.41, 5.74) is 1.82. The Labute approximate surface area is 162 Å². The van der Waals surface area contributed by atoms with E-state index in [0.29, 0.717) is 11.9 Å². The first-order chi connectivity index (χ1) is 13.2. The van der Waals surface area contributed by atoms with Crippen LogP contribution >= 0.6 is 11.3 Å². The number of benzene rings is 1. The van der Waals surface area contributed by atoms with E-state index in [1.807, 2.05) is 0 Å². The van der Waals surface area contributed by atoms with Crippen LogP contribution < -0.4 is 9.46 Å². The lowest BCUT2D eigenvalue weighted by molar-refractivity contribution is -0.197. The fourth-order valence-electron chi connectivity index (χ4n) is 2.35. The molecule has 2 aromatic heterocycles. The molecule has 0 saturated heterocycles. The second-order valence-electron chi connectivity index (χ2n) is 5.73. The number of nitrogens with zero attached hydrogens (tertiary/aromatic N) is 3. The molecule has 0 fully saturated rings. The molecule has 150 valence electrons. The van der Waals surface area contributed by atoms with Crippen molar-refractivity contribution in [2.24, 2.45) is 0 Å².